The molecule has 4 heterocycles. The van der Waals surface area contributed by atoms with Crippen molar-refractivity contribution >= 4 is 44.3 Å². The number of hydrogen-bond donors (Lipinski definition) is 1. The average Bonchev–Trinajstić information content (AvgIpc) is 3.50. The Labute approximate surface area is 188 Å². The second-order valence-electron chi connectivity index (χ2n) is 7.56. The van der Waals surface area contributed by atoms with Gasteiger partial charge in [0.15, 0.2) is 10.9 Å². The van der Waals surface area contributed by atoms with E-state index in [9.17, 15) is 9.59 Å². The minimum atomic E-state index is -0.346. The third-order valence-electron chi connectivity index (χ3n) is 5.47. The lowest BCUT2D eigenvalue weighted by atomic mass is 10.1. The van der Waals surface area contributed by atoms with Gasteiger partial charge in [-0.15, -0.1) is 0 Å². The average molecular weight is 448 g/mol. The molecule has 162 valence electrons. The highest BCUT2D eigenvalue weighted by Crippen LogP contribution is 2.28. The van der Waals surface area contributed by atoms with Gasteiger partial charge in [0.25, 0.3) is 11.8 Å². The van der Waals surface area contributed by atoms with Crippen molar-refractivity contribution in [2.45, 2.75) is 6.92 Å². The van der Waals surface area contributed by atoms with Crippen molar-refractivity contribution in [1.82, 2.24) is 14.9 Å². The summed E-state index contributed by atoms with van der Waals surface area (Å²) in [6.07, 6.45) is 3.22. The van der Waals surface area contributed by atoms with E-state index < -0.39 is 0 Å². The van der Waals surface area contributed by atoms with Crippen LogP contribution in [0, 0.1) is 6.92 Å². The molecule has 0 aliphatic carbocycles. The van der Waals surface area contributed by atoms with Gasteiger partial charge in [-0.3, -0.25) is 9.59 Å². The fraction of sp³-hybridized carbons (Fsp3) is 0.217. The van der Waals surface area contributed by atoms with Crippen molar-refractivity contribution in [3.05, 3.63) is 71.8 Å². The number of nitrogens with one attached hydrogen (secondary N) is 1. The van der Waals surface area contributed by atoms with Crippen LogP contribution in [0.15, 0.2) is 59.3 Å². The lowest BCUT2D eigenvalue weighted by molar-refractivity contribution is 0.0746. The van der Waals surface area contributed by atoms with Crippen molar-refractivity contribution in [1.29, 1.82) is 0 Å². The van der Waals surface area contributed by atoms with Crippen LogP contribution in [0.1, 0.15) is 26.5 Å². The Morgan fingerprint density at radius 1 is 1.09 bits per heavy atom. The number of hydrogen-bond acceptors (Lipinski definition) is 7. The summed E-state index contributed by atoms with van der Waals surface area (Å²) in [6, 6.07) is 12.5. The van der Waals surface area contributed by atoms with Crippen LogP contribution in [-0.2, 0) is 0 Å². The van der Waals surface area contributed by atoms with E-state index in [4.69, 9.17) is 4.42 Å². The number of carbonyl (C=O) groups is 2. The zero-order valence-electron chi connectivity index (χ0n) is 17.4. The van der Waals surface area contributed by atoms with E-state index in [0.717, 1.165) is 21.0 Å². The number of furan rings is 1. The van der Waals surface area contributed by atoms with E-state index in [1.165, 1.54) is 6.26 Å². The number of aryl methyl sites for hydroxylation is 1. The maximum Gasteiger partial charge on any atom is 0.291 e. The predicted molar refractivity (Wildman–Crippen MR) is 123 cm³/mol. The van der Waals surface area contributed by atoms with Crippen LogP contribution in [0.3, 0.4) is 0 Å². The summed E-state index contributed by atoms with van der Waals surface area (Å²) in [5.74, 6) is -0.173. The molecule has 9 heteroatoms. The number of fused-ring (bicyclic) bond motifs is 1. The zero-order valence-corrected chi connectivity index (χ0v) is 18.3. The molecule has 1 aromatic carbocycles. The number of pyridine rings is 1. The van der Waals surface area contributed by atoms with Gasteiger partial charge in [0, 0.05) is 43.6 Å². The number of carbonyl (C=O) groups excluding carboxylic acids is 2. The molecule has 2 amide bonds. The maximum absolute atomic E-state index is 13.1. The number of nitrogens with zero attached hydrogens (tertiary/aromatic N) is 4. The van der Waals surface area contributed by atoms with Crippen LogP contribution in [0.2, 0.25) is 0 Å². The Balaban J connectivity index is 1.26. The van der Waals surface area contributed by atoms with Gasteiger partial charge in [-0.05, 0) is 48.9 Å². The van der Waals surface area contributed by atoms with Gasteiger partial charge in [0.2, 0.25) is 0 Å². The van der Waals surface area contributed by atoms with E-state index in [1.54, 1.807) is 41.8 Å². The van der Waals surface area contributed by atoms with Crippen molar-refractivity contribution in [3.63, 3.8) is 0 Å². The summed E-state index contributed by atoms with van der Waals surface area (Å²) in [4.78, 5) is 39.4. The van der Waals surface area contributed by atoms with Crippen LogP contribution in [0.5, 0.6) is 0 Å². The second kappa shape index (κ2) is 8.43. The highest BCUT2D eigenvalue weighted by molar-refractivity contribution is 7.21. The fourth-order valence-electron chi connectivity index (χ4n) is 3.66. The molecule has 1 aliphatic heterocycles. The van der Waals surface area contributed by atoms with E-state index in [1.807, 2.05) is 30.0 Å². The zero-order chi connectivity index (χ0) is 22.1. The van der Waals surface area contributed by atoms with Gasteiger partial charge in [-0.2, -0.15) is 0 Å². The molecule has 0 atom stereocenters. The first-order valence-corrected chi connectivity index (χ1v) is 11.1. The van der Waals surface area contributed by atoms with Crippen molar-refractivity contribution < 1.29 is 14.0 Å². The molecule has 1 N–H and O–H groups in total. The van der Waals surface area contributed by atoms with Gasteiger partial charge >= 0.3 is 0 Å². The number of aromatic nitrogens is 2. The fourth-order valence-corrected chi connectivity index (χ4v) is 4.62. The minimum Gasteiger partial charge on any atom is -0.459 e. The number of piperazine rings is 1. The standard InChI is InChI=1S/C23H21N5O3S/c1-15-6-7-16(14-18(15)25-20(29)19-5-3-13-31-19)22(30)27-9-11-28(12-10-27)23-26-17-4-2-8-24-21(17)32-23/h2-8,13-14H,9-12H2,1H3,(H,25,29). The van der Waals surface area contributed by atoms with Crippen LogP contribution in [-0.4, -0.2) is 52.9 Å². The van der Waals surface area contributed by atoms with Crippen molar-refractivity contribution in [3.8, 4) is 0 Å². The van der Waals surface area contributed by atoms with E-state index in [2.05, 4.69) is 20.2 Å². The summed E-state index contributed by atoms with van der Waals surface area (Å²) in [6.45, 7) is 4.50. The summed E-state index contributed by atoms with van der Waals surface area (Å²) >= 11 is 1.57. The van der Waals surface area contributed by atoms with E-state index >= 15 is 0 Å². The lowest BCUT2D eigenvalue weighted by Gasteiger charge is -2.34. The molecule has 1 saturated heterocycles. The predicted octanol–water partition coefficient (Wildman–Crippen LogP) is 3.81. The molecule has 32 heavy (non-hydrogen) atoms. The lowest BCUT2D eigenvalue weighted by Crippen LogP contribution is -2.48. The van der Waals surface area contributed by atoms with Crippen LogP contribution in [0.25, 0.3) is 10.3 Å². The van der Waals surface area contributed by atoms with Crippen molar-refractivity contribution in [2.24, 2.45) is 0 Å². The Kier molecular flexibility index (Phi) is 5.32. The van der Waals surface area contributed by atoms with Gasteiger partial charge in [0.05, 0.1) is 6.26 Å². The minimum absolute atomic E-state index is 0.0517. The first-order valence-electron chi connectivity index (χ1n) is 10.3. The Bertz CT molecular complexity index is 1240. The molecule has 1 aliphatic rings. The maximum atomic E-state index is 13.1. The first-order chi connectivity index (χ1) is 15.6. The Hall–Kier alpha value is -3.72. The molecule has 0 saturated carbocycles. The molecule has 3 aromatic heterocycles. The van der Waals surface area contributed by atoms with Crippen LogP contribution in [0.4, 0.5) is 10.8 Å². The highest BCUT2D eigenvalue weighted by Gasteiger charge is 2.24. The monoisotopic (exact) mass is 447 g/mol. The second-order valence-corrected chi connectivity index (χ2v) is 8.52. The molecule has 0 unspecified atom stereocenters. The molecular weight excluding hydrogens is 426 g/mol. The van der Waals surface area contributed by atoms with Gasteiger partial charge in [0.1, 0.15) is 10.3 Å². The van der Waals surface area contributed by atoms with E-state index in [-0.39, 0.29) is 17.6 Å². The van der Waals surface area contributed by atoms with Crippen molar-refractivity contribution in [2.75, 3.05) is 36.4 Å². The number of anilines is 2. The quantitative estimate of drug-likeness (QED) is 0.512. The Morgan fingerprint density at radius 2 is 1.94 bits per heavy atom. The number of rotatable bonds is 4. The smallest absolute Gasteiger partial charge is 0.291 e. The van der Waals surface area contributed by atoms with E-state index in [0.29, 0.717) is 37.4 Å². The molecule has 0 bridgehead atoms. The normalized spacial score (nSPS) is 14.0. The topological polar surface area (TPSA) is 91.6 Å². The Morgan fingerprint density at radius 3 is 2.69 bits per heavy atom. The molecule has 8 nitrogen and oxygen atoms in total. The third kappa shape index (κ3) is 3.94. The van der Waals surface area contributed by atoms with Gasteiger partial charge < -0.3 is 19.5 Å². The number of thiazole rings is 1. The van der Waals surface area contributed by atoms with Crippen LogP contribution < -0.4 is 10.2 Å². The number of amides is 2. The molecule has 4 aromatic rings. The highest BCUT2D eigenvalue weighted by atomic mass is 32.1. The third-order valence-corrected chi connectivity index (χ3v) is 6.51. The van der Waals surface area contributed by atoms with Gasteiger partial charge in [-0.25, -0.2) is 9.97 Å². The SMILES string of the molecule is Cc1ccc(C(=O)N2CCN(c3nc4cccnc4s3)CC2)cc1NC(=O)c1ccco1. The first kappa shape index (κ1) is 20.2. The molecule has 5 rings (SSSR count). The summed E-state index contributed by atoms with van der Waals surface area (Å²) in [5, 5.41) is 3.76. The molecule has 0 radical (unpaired) electrons. The van der Waals surface area contributed by atoms with Gasteiger partial charge in [-0.1, -0.05) is 17.4 Å². The molecule has 1 fully saturated rings. The van der Waals surface area contributed by atoms with Crippen LogP contribution >= 0.6 is 11.3 Å². The molecule has 0 spiro atoms. The number of benzene rings is 1. The summed E-state index contributed by atoms with van der Waals surface area (Å²) < 4.78 is 5.15. The summed E-state index contributed by atoms with van der Waals surface area (Å²) in [5.41, 5.74) is 2.91. The largest absolute Gasteiger partial charge is 0.459 e. The molecular formula is C23H21N5O3S. The summed E-state index contributed by atoms with van der Waals surface area (Å²) in [7, 11) is 0.